The molecule has 2 atom stereocenters. The zero-order valence-electron chi connectivity index (χ0n) is 31.6. The summed E-state index contributed by atoms with van der Waals surface area (Å²) >= 11 is 2.28. The van der Waals surface area contributed by atoms with Crippen molar-refractivity contribution in [2.24, 2.45) is 5.92 Å². The minimum absolute atomic E-state index is 0.163. The van der Waals surface area contributed by atoms with E-state index in [9.17, 15) is 9.59 Å². The van der Waals surface area contributed by atoms with E-state index in [0.29, 0.717) is 63.9 Å². The van der Waals surface area contributed by atoms with Crippen LogP contribution < -0.4 is 20.1 Å². The summed E-state index contributed by atoms with van der Waals surface area (Å²) in [6.45, 7) is 7.72. The number of nitrogens with one attached hydrogen (secondary N) is 2. The molecule has 1 saturated heterocycles. The van der Waals surface area contributed by atoms with E-state index in [2.05, 4.69) is 66.1 Å². The van der Waals surface area contributed by atoms with Gasteiger partial charge in [-0.3, -0.25) is 39.8 Å². The molecule has 1 aliphatic heterocycles. The number of allylic oxidation sites excluding steroid dienone is 2. The number of fused-ring (bicyclic) bond motifs is 1. The highest BCUT2D eigenvalue weighted by atomic mass is 32.1. The molecule has 0 spiro atoms. The topological polar surface area (TPSA) is 184 Å². The largest absolute Gasteiger partial charge is 0.472 e. The number of morpholine rings is 1. The Morgan fingerprint density at radius 1 is 0.895 bits per heavy atom. The van der Waals surface area contributed by atoms with Crippen molar-refractivity contribution in [3.05, 3.63) is 95.2 Å². The molecule has 16 nitrogen and oxygen atoms in total. The summed E-state index contributed by atoms with van der Waals surface area (Å²) in [7, 11) is 3.00. The third kappa shape index (κ3) is 8.43. The summed E-state index contributed by atoms with van der Waals surface area (Å²) in [5.74, 6) is -0.396. The third-order valence-corrected chi connectivity index (χ3v) is 11.4. The van der Waals surface area contributed by atoms with Crippen LogP contribution in [0.4, 0.5) is 10.3 Å². The van der Waals surface area contributed by atoms with Gasteiger partial charge in [0, 0.05) is 67.5 Å². The summed E-state index contributed by atoms with van der Waals surface area (Å²) in [4.78, 5) is 38.7. The highest BCUT2D eigenvalue weighted by Crippen LogP contribution is 2.32. The Morgan fingerprint density at radius 2 is 1.58 bits per heavy atom. The number of nitrogens with zero attached hydrogens (tertiary/aromatic N) is 9. The third-order valence-electron chi connectivity index (χ3n) is 9.80. The number of methoxy groups -OCH3 is 2. The van der Waals surface area contributed by atoms with Crippen molar-refractivity contribution in [2.45, 2.75) is 32.9 Å². The Hall–Kier alpha value is -5.95. The number of carbonyl (C=O) groups is 2. The zero-order chi connectivity index (χ0) is 39.5. The van der Waals surface area contributed by atoms with Crippen LogP contribution in [0.2, 0.25) is 0 Å². The van der Waals surface area contributed by atoms with Crippen molar-refractivity contribution >= 4 is 61.2 Å². The highest BCUT2D eigenvalue weighted by Gasteiger charge is 2.27. The van der Waals surface area contributed by atoms with Gasteiger partial charge in [0.25, 0.3) is 22.2 Å². The molecule has 6 aromatic rings. The first-order valence-corrected chi connectivity index (χ1v) is 19.9. The molecule has 2 N–H and O–H groups in total. The lowest BCUT2D eigenvalue weighted by atomic mass is 9.87. The minimum atomic E-state index is -0.358. The Labute approximate surface area is 335 Å². The quantitative estimate of drug-likeness (QED) is 0.157. The van der Waals surface area contributed by atoms with E-state index in [1.165, 1.54) is 14.2 Å². The van der Waals surface area contributed by atoms with Crippen LogP contribution in [0.5, 0.6) is 10.4 Å². The molecule has 292 valence electrons. The van der Waals surface area contributed by atoms with Crippen LogP contribution in [-0.2, 0) is 17.7 Å². The summed E-state index contributed by atoms with van der Waals surface area (Å²) in [6.07, 6.45) is 12.3. The molecular weight excluding hydrogens is 767 g/mol. The van der Waals surface area contributed by atoms with Gasteiger partial charge in [0.1, 0.15) is 0 Å². The van der Waals surface area contributed by atoms with Gasteiger partial charge in [-0.25, -0.2) is 0 Å². The SMILES string of the molecule is COc1nnc(NC(=O)c2cnc(CCn3cc4ccc(-c5cc(C)ncc5C(=O)Nc5nnc(OC)s5)cc4n3)cc2C2=CC(N3CCOCC3)C(C)C=C2)s1. The molecule has 0 bridgehead atoms. The smallest absolute Gasteiger partial charge is 0.295 e. The molecule has 57 heavy (non-hydrogen) atoms. The van der Waals surface area contributed by atoms with Gasteiger partial charge in [0.15, 0.2) is 0 Å². The van der Waals surface area contributed by atoms with Gasteiger partial charge in [-0.2, -0.15) is 5.10 Å². The number of aryl methyl sites for hydroxylation is 3. The van der Waals surface area contributed by atoms with Crippen LogP contribution in [-0.4, -0.2) is 103 Å². The van der Waals surface area contributed by atoms with E-state index < -0.39 is 0 Å². The fourth-order valence-electron chi connectivity index (χ4n) is 6.88. The van der Waals surface area contributed by atoms with E-state index in [-0.39, 0.29) is 17.9 Å². The fourth-order valence-corrected chi connectivity index (χ4v) is 7.99. The van der Waals surface area contributed by atoms with E-state index in [4.69, 9.17) is 24.3 Å². The molecule has 1 fully saturated rings. The number of hydrogen-bond donors (Lipinski definition) is 2. The van der Waals surface area contributed by atoms with Crippen molar-refractivity contribution in [3.8, 4) is 21.5 Å². The van der Waals surface area contributed by atoms with Gasteiger partial charge in [0.2, 0.25) is 10.3 Å². The van der Waals surface area contributed by atoms with Crippen molar-refractivity contribution in [3.63, 3.8) is 0 Å². The maximum absolute atomic E-state index is 13.7. The number of amides is 2. The molecule has 0 saturated carbocycles. The van der Waals surface area contributed by atoms with Gasteiger partial charge in [-0.05, 0) is 76.0 Å². The van der Waals surface area contributed by atoms with Crippen LogP contribution >= 0.6 is 22.7 Å². The van der Waals surface area contributed by atoms with Crippen LogP contribution in [0.3, 0.4) is 0 Å². The number of rotatable bonds is 12. The number of hydrogen-bond acceptors (Lipinski definition) is 15. The lowest BCUT2D eigenvalue weighted by Crippen LogP contribution is -2.45. The summed E-state index contributed by atoms with van der Waals surface area (Å²) in [5.41, 5.74) is 6.45. The number of ether oxygens (including phenoxy) is 3. The molecule has 2 unspecified atom stereocenters. The Morgan fingerprint density at radius 3 is 2.26 bits per heavy atom. The van der Waals surface area contributed by atoms with Gasteiger partial charge < -0.3 is 14.2 Å². The second-order valence-corrected chi connectivity index (χ2v) is 15.4. The van der Waals surface area contributed by atoms with Gasteiger partial charge in [0.05, 0.1) is 44.1 Å². The minimum Gasteiger partial charge on any atom is -0.472 e. The second kappa shape index (κ2) is 16.6. The summed E-state index contributed by atoms with van der Waals surface area (Å²) in [6, 6.07) is 9.97. The van der Waals surface area contributed by atoms with E-state index >= 15 is 0 Å². The number of aromatic nitrogens is 8. The highest BCUT2D eigenvalue weighted by molar-refractivity contribution is 7.17. The van der Waals surface area contributed by atoms with Gasteiger partial charge >= 0.3 is 0 Å². The van der Waals surface area contributed by atoms with Gasteiger partial charge in [-0.1, -0.05) is 47.5 Å². The van der Waals surface area contributed by atoms with E-state index in [1.54, 1.807) is 12.4 Å². The Bertz CT molecular complexity index is 2500. The molecule has 8 rings (SSSR count). The van der Waals surface area contributed by atoms with Crippen molar-refractivity contribution in [1.29, 1.82) is 0 Å². The van der Waals surface area contributed by atoms with Crippen molar-refractivity contribution < 1.29 is 23.8 Å². The Balaban J connectivity index is 1.04. The van der Waals surface area contributed by atoms with Crippen LogP contribution in [0.1, 0.15) is 44.6 Å². The van der Waals surface area contributed by atoms with Crippen molar-refractivity contribution in [2.75, 3.05) is 51.2 Å². The fraction of sp³-hybridized carbons (Fsp3) is 0.308. The number of carbonyl (C=O) groups excluding carboxylic acids is 2. The number of benzene rings is 1. The predicted molar refractivity (Wildman–Crippen MR) is 217 cm³/mol. The lowest BCUT2D eigenvalue weighted by molar-refractivity contribution is 0.0194. The van der Waals surface area contributed by atoms with Gasteiger partial charge in [-0.15, -0.1) is 10.2 Å². The first-order chi connectivity index (χ1) is 27.7. The average Bonchev–Trinajstić information content (AvgIpc) is 4.00. The maximum Gasteiger partial charge on any atom is 0.295 e. The molecule has 0 radical (unpaired) electrons. The maximum atomic E-state index is 13.7. The molecule has 18 heteroatoms. The first-order valence-electron chi connectivity index (χ1n) is 18.3. The molecule has 2 amide bonds. The monoisotopic (exact) mass is 805 g/mol. The number of anilines is 2. The standard InChI is InChI=1S/C39H39N11O5S2/c1-22-5-6-25(17-33(22)49-11-13-55-14-12-49)29-18-27(41-20-31(29)35(52)43-37-45-47-39(54-4)57-37)9-10-50-21-26-8-7-24(16-32(26)48-50)28-15-23(2)40-19-30(28)34(51)42-36-44-46-38(53-3)56-36/h5-8,15-22,33H,9-14H2,1-4H3,(H,42,44,51)(H,43,45,52). The van der Waals surface area contributed by atoms with E-state index in [1.807, 2.05) is 48.1 Å². The molecule has 2 aliphatic rings. The first kappa shape index (κ1) is 37.9. The molecule has 1 aromatic carbocycles. The van der Waals surface area contributed by atoms with Crippen LogP contribution in [0, 0.1) is 12.8 Å². The van der Waals surface area contributed by atoms with Crippen LogP contribution in [0.25, 0.3) is 27.6 Å². The average molecular weight is 806 g/mol. The molecule has 5 aromatic heterocycles. The number of pyridine rings is 2. The molecular formula is C39H39N11O5S2. The second-order valence-electron chi connectivity index (χ2n) is 13.6. The van der Waals surface area contributed by atoms with E-state index in [0.717, 1.165) is 80.3 Å². The van der Waals surface area contributed by atoms with Crippen LogP contribution in [0.15, 0.2) is 67.2 Å². The zero-order valence-corrected chi connectivity index (χ0v) is 33.3. The summed E-state index contributed by atoms with van der Waals surface area (Å²) in [5, 5.41) is 28.7. The summed E-state index contributed by atoms with van der Waals surface area (Å²) < 4.78 is 17.8. The normalized spacial score (nSPS) is 17.0. The Kier molecular flexibility index (Phi) is 11.1. The molecule has 1 aliphatic carbocycles. The van der Waals surface area contributed by atoms with Crippen molar-refractivity contribution in [1.82, 2.24) is 45.0 Å². The predicted octanol–water partition coefficient (Wildman–Crippen LogP) is 5.56. The lowest BCUT2D eigenvalue weighted by Gasteiger charge is -2.37. The molecule has 6 heterocycles.